The number of nitrogens with one attached hydrogen (secondary N) is 1. The fourth-order valence-electron chi connectivity index (χ4n) is 2.75. The lowest BCUT2D eigenvalue weighted by Crippen LogP contribution is -2.41. The van der Waals surface area contributed by atoms with Gasteiger partial charge in [0.1, 0.15) is 0 Å². The average molecular weight is 282 g/mol. The highest BCUT2D eigenvalue weighted by molar-refractivity contribution is 6.31. The molecule has 0 aliphatic carbocycles. The topological polar surface area (TPSA) is 21.3 Å². The third-order valence-corrected chi connectivity index (χ3v) is 4.26. The summed E-state index contributed by atoms with van der Waals surface area (Å²) in [7, 11) is 0. The number of hydrogen-bond donors (Lipinski definition) is 1. The predicted molar refractivity (Wildman–Crippen MR) is 80.8 cm³/mol. The van der Waals surface area contributed by atoms with Gasteiger partial charge in [0.2, 0.25) is 0 Å². The molecule has 1 aliphatic heterocycles. The van der Waals surface area contributed by atoms with Crippen LogP contribution in [0.4, 0.5) is 0 Å². The van der Waals surface area contributed by atoms with Crippen molar-refractivity contribution >= 4 is 11.6 Å². The molecular weight excluding hydrogens is 258 g/mol. The molecule has 0 spiro atoms. The van der Waals surface area contributed by atoms with Crippen molar-refractivity contribution in [3.8, 4) is 0 Å². The maximum absolute atomic E-state index is 6.29. The molecule has 3 heteroatoms. The van der Waals surface area contributed by atoms with Crippen LogP contribution in [0.1, 0.15) is 31.7 Å². The number of hydrogen-bond acceptors (Lipinski definition) is 2. The van der Waals surface area contributed by atoms with E-state index in [-0.39, 0.29) is 0 Å². The van der Waals surface area contributed by atoms with Crippen molar-refractivity contribution in [2.24, 2.45) is 5.92 Å². The van der Waals surface area contributed by atoms with Crippen molar-refractivity contribution in [3.63, 3.8) is 0 Å². The van der Waals surface area contributed by atoms with Crippen molar-refractivity contribution in [1.82, 2.24) is 5.32 Å². The van der Waals surface area contributed by atoms with Crippen LogP contribution in [0.25, 0.3) is 0 Å². The van der Waals surface area contributed by atoms with Gasteiger partial charge in [-0.3, -0.25) is 0 Å². The normalized spacial score (nSPS) is 18.4. The monoisotopic (exact) mass is 281 g/mol. The van der Waals surface area contributed by atoms with Crippen LogP contribution < -0.4 is 5.32 Å². The maximum atomic E-state index is 6.29. The Morgan fingerprint density at radius 1 is 1.32 bits per heavy atom. The van der Waals surface area contributed by atoms with Crippen molar-refractivity contribution in [3.05, 3.63) is 34.9 Å². The minimum absolute atomic E-state index is 0.517. The van der Waals surface area contributed by atoms with Gasteiger partial charge in [0.15, 0.2) is 0 Å². The van der Waals surface area contributed by atoms with Crippen LogP contribution in [0.3, 0.4) is 0 Å². The van der Waals surface area contributed by atoms with E-state index >= 15 is 0 Å². The Bertz CT molecular complexity index is 377. The van der Waals surface area contributed by atoms with Crippen molar-refractivity contribution in [2.45, 2.75) is 38.6 Å². The predicted octanol–water partition coefficient (Wildman–Crippen LogP) is 3.68. The van der Waals surface area contributed by atoms with Gasteiger partial charge >= 0.3 is 0 Å². The molecule has 1 aromatic carbocycles. The summed E-state index contributed by atoms with van der Waals surface area (Å²) in [6.45, 7) is 5.09. The van der Waals surface area contributed by atoms with Crippen LogP contribution in [-0.2, 0) is 11.2 Å². The molecule has 1 aromatic rings. The Labute approximate surface area is 121 Å². The Kier molecular flexibility index (Phi) is 6.15. The SMILES string of the molecule is CCCNC(Cc1ccccc1Cl)C1CCOCC1. The first kappa shape index (κ1) is 14.8. The lowest BCUT2D eigenvalue weighted by molar-refractivity contribution is 0.0538. The van der Waals surface area contributed by atoms with E-state index in [0.717, 1.165) is 44.0 Å². The molecule has 1 heterocycles. The second kappa shape index (κ2) is 7.88. The molecule has 0 bridgehead atoms. The van der Waals surface area contributed by atoms with Crippen molar-refractivity contribution in [1.29, 1.82) is 0 Å². The highest BCUT2D eigenvalue weighted by atomic mass is 35.5. The van der Waals surface area contributed by atoms with Gasteiger partial charge in [-0.25, -0.2) is 0 Å². The summed E-state index contributed by atoms with van der Waals surface area (Å²) in [5.41, 5.74) is 1.25. The van der Waals surface area contributed by atoms with Gasteiger partial charge in [0.25, 0.3) is 0 Å². The average Bonchev–Trinajstić information content (AvgIpc) is 2.46. The molecular formula is C16H24ClNO. The summed E-state index contributed by atoms with van der Waals surface area (Å²) < 4.78 is 5.47. The van der Waals surface area contributed by atoms with Gasteiger partial charge in [0, 0.05) is 24.3 Å². The van der Waals surface area contributed by atoms with Crippen LogP contribution in [0.5, 0.6) is 0 Å². The van der Waals surface area contributed by atoms with E-state index in [4.69, 9.17) is 16.3 Å². The summed E-state index contributed by atoms with van der Waals surface area (Å²) in [5.74, 6) is 0.705. The molecule has 1 atom stereocenters. The first-order chi connectivity index (χ1) is 9.31. The molecule has 1 fully saturated rings. The summed E-state index contributed by atoms with van der Waals surface area (Å²) in [6.07, 6.45) is 4.50. The van der Waals surface area contributed by atoms with Gasteiger partial charge in [0.05, 0.1) is 0 Å². The fraction of sp³-hybridized carbons (Fsp3) is 0.625. The Balaban J connectivity index is 2.02. The second-order valence-electron chi connectivity index (χ2n) is 5.31. The quantitative estimate of drug-likeness (QED) is 0.859. The number of ether oxygens (including phenoxy) is 1. The summed E-state index contributed by atoms with van der Waals surface area (Å²) in [6, 6.07) is 8.71. The van der Waals surface area contributed by atoms with E-state index in [1.807, 2.05) is 12.1 Å². The molecule has 106 valence electrons. The lowest BCUT2D eigenvalue weighted by Gasteiger charge is -2.31. The largest absolute Gasteiger partial charge is 0.381 e. The highest BCUT2D eigenvalue weighted by Gasteiger charge is 2.24. The smallest absolute Gasteiger partial charge is 0.0469 e. The maximum Gasteiger partial charge on any atom is 0.0469 e. The van der Waals surface area contributed by atoms with Crippen molar-refractivity contribution in [2.75, 3.05) is 19.8 Å². The van der Waals surface area contributed by atoms with Gasteiger partial charge < -0.3 is 10.1 Å². The van der Waals surface area contributed by atoms with Crippen LogP contribution >= 0.6 is 11.6 Å². The Morgan fingerprint density at radius 3 is 2.74 bits per heavy atom. The number of rotatable bonds is 6. The van der Waals surface area contributed by atoms with Crippen LogP contribution in [-0.4, -0.2) is 25.8 Å². The summed E-state index contributed by atoms with van der Waals surface area (Å²) >= 11 is 6.29. The van der Waals surface area contributed by atoms with E-state index in [0.29, 0.717) is 12.0 Å². The molecule has 0 aromatic heterocycles. The van der Waals surface area contributed by atoms with Crippen LogP contribution in [0, 0.1) is 5.92 Å². The molecule has 2 rings (SSSR count). The number of halogens is 1. The fourth-order valence-corrected chi connectivity index (χ4v) is 2.97. The van der Waals surface area contributed by atoms with E-state index < -0.39 is 0 Å². The van der Waals surface area contributed by atoms with Gasteiger partial charge in [-0.05, 0) is 49.8 Å². The van der Waals surface area contributed by atoms with Gasteiger partial charge in [-0.2, -0.15) is 0 Å². The zero-order valence-electron chi connectivity index (χ0n) is 11.7. The molecule has 19 heavy (non-hydrogen) atoms. The molecule has 0 saturated carbocycles. The molecule has 2 nitrogen and oxygen atoms in total. The third kappa shape index (κ3) is 4.48. The first-order valence-electron chi connectivity index (χ1n) is 7.35. The van der Waals surface area contributed by atoms with E-state index in [9.17, 15) is 0 Å². The van der Waals surface area contributed by atoms with E-state index in [2.05, 4.69) is 24.4 Å². The Morgan fingerprint density at radius 2 is 2.05 bits per heavy atom. The van der Waals surface area contributed by atoms with Crippen molar-refractivity contribution < 1.29 is 4.74 Å². The molecule has 1 N–H and O–H groups in total. The standard InChI is InChI=1S/C16H24ClNO/c1-2-9-18-16(13-7-10-19-11-8-13)12-14-5-3-4-6-15(14)17/h3-6,13,16,18H,2,7-12H2,1H3. The minimum Gasteiger partial charge on any atom is -0.381 e. The van der Waals surface area contributed by atoms with E-state index in [1.165, 1.54) is 12.0 Å². The lowest BCUT2D eigenvalue weighted by atomic mass is 9.87. The third-order valence-electron chi connectivity index (χ3n) is 3.89. The molecule has 0 radical (unpaired) electrons. The zero-order chi connectivity index (χ0) is 13.5. The zero-order valence-corrected chi connectivity index (χ0v) is 12.5. The number of benzene rings is 1. The summed E-state index contributed by atoms with van der Waals surface area (Å²) in [4.78, 5) is 0. The summed E-state index contributed by atoms with van der Waals surface area (Å²) in [5, 5.41) is 4.59. The first-order valence-corrected chi connectivity index (χ1v) is 7.73. The molecule has 1 aliphatic rings. The van der Waals surface area contributed by atoms with Gasteiger partial charge in [-0.1, -0.05) is 36.7 Å². The molecule has 1 unspecified atom stereocenters. The molecule has 1 saturated heterocycles. The molecule has 0 amide bonds. The Hall–Kier alpha value is -0.570. The van der Waals surface area contributed by atoms with E-state index in [1.54, 1.807) is 0 Å². The van der Waals surface area contributed by atoms with Crippen LogP contribution in [0.15, 0.2) is 24.3 Å². The van der Waals surface area contributed by atoms with Crippen LogP contribution in [0.2, 0.25) is 5.02 Å². The highest BCUT2D eigenvalue weighted by Crippen LogP contribution is 2.24. The second-order valence-corrected chi connectivity index (χ2v) is 5.71. The minimum atomic E-state index is 0.517. The van der Waals surface area contributed by atoms with Gasteiger partial charge in [-0.15, -0.1) is 0 Å².